The number of furan rings is 1. The Morgan fingerprint density at radius 1 is 1.41 bits per heavy atom. The number of carbonyl (C=O) groups is 3. The smallest absolute Gasteiger partial charge is 0.325 e. The van der Waals surface area contributed by atoms with Crippen molar-refractivity contribution in [3.8, 4) is 0 Å². The first-order chi connectivity index (χ1) is 12.9. The lowest BCUT2D eigenvalue weighted by atomic mass is 10.1. The minimum Gasteiger partial charge on any atom is -0.467 e. The van der Waals surface area contributed by atoms with Gasteiger partial charge in [0.15, 0.2) is 0 Å². The number of amides is 4. The molecule has 4 amide bonds. The zero-order valence-corrected chi connectivity index (χ0v) is 15.9. The van der Waals surface area contributed by atoms with Crippen LogP contribution in [0.25, 0.3) is 0 Å². The molecule has 0 unspecified atom stereocenters. The highest BCUT2D eigenvalue weighted by molar-refractivity contribution is 7.15. The van der Waals surface area contributed by atoms with Crippen molar-refractivity contribution in [1.29, 1.82) is 0 Å². The van der Waals surface area contributed by atoms with Gasteiger partial charge in [-0.15, -0.1) is 10.2 Å². The molecule has 3 heterocycles. The molecular weight excluding hydrogens is 370 g/mol. The lowest BCUT2D eigenvalue weighted by Gasteiger charge is -2.11. The largest absolute Gasteiger partial charge is 0.467 e. The summed E-state index contributed by atoms with van der Waals surface area (Å²) in [6.07, 6.45) is 2.59. The summed E-state index contributed by atoms with van der Waals surface area (Å²) in [5, 5.41) is 14.6. The number of carbonyl (C=O) groups excluding carboxylic acids is 3. The number of hydrogen-bond acceptors (Lipinski definition) is 7. The topological polar surface area (TPSA) is 117 Å². The fraction of sp³-hybridized carbons (Fsp3) is 0.471. The van der Waals surface area contributed by atoms with Gasteiger partial charge in [-0.1, -0.05) is 25.2 Å². The number of rotatable bonds is 8. The molecule has 2 aromatic rings. The number of aromatic nitrogens is 2. The Balaban J connectivity index is 1.48. The van der Waals surface area contributed by atoms with Gasteiger partial charge in [0.1, 0.15) is 16.8 Å². The van der Waals surface area contributed by atoms with Crippen molar-refractivity contribution in [3.63, 3.8) is 0 Å². The van der Waals surface area contributed by atoms with Crippen LogP contribution < -0.4 is 10.6 Å². The van der Waals surface area contributed by atoms with Gasteiger partial charge in [0.05, 0.1) is 12.8 Å². The highest BCUT2D eigenvalue weighted by Crippen LogP contribution is 2.19. The van der Waals surface area contributed by atoms with E-state index in [1.54, 1.807) is 12.1 Å². The molecule has 1 aliphatic heterocycles. The second kappa shape index (κ2) is 8.30. The molecule has 0 aromatic carbocycles. The number of nitrogens with one attached hydrogen (secondary N) is 2. The summed E-state index contributed by atoms with van der Waals surface area (Å²) in [6.45, 7) is 4.24. The highest BCUT2D eigenvalue weighted by Gasteiger charge is 2.38. The first-order valence-electron chi connectivity index (χ1n) is 8.69. The fourth-order valence-electron chi connectivity index (χ4n) is 2.67. The molecule has 0 saturated carbocycles. The van der Waals surface area contributed by atoms with Crippen LogP contribution in [0.2, 0.25) is 0 Å². The lowest BCUT2D eigenvalue weighted by Crippen LogP contribution is -2.31. The van der Waals surface area contributed by atoms with Crippen LogP contribution in [0.1, 0.15) is 37.5 Å². The minimum absolute atomic E-state index is 0.0732. The van der Waals surface area contributed by atoms with Crippen molar-refractivity contribution in [2.75, 3.05) is 5.32 Å². The standard InChI is InChI=1S/C17H21N5O4S/c1-10(2)8-14-20-21-16(27-14)19-13(23)6-5-12-15(24)22(17(25)18-12)9-11-4-3-7-26-11/h3-4,7,10,12H,5-6,8-9H2,1-2H3,(H,18,25)(H,19,21,23)/t12-/m1/s1. The Morgan fingerprint density at radius 3 is 2.93 bits per heavy atom. The van der Waals surface area contributed by atoms with Gasteiger partial charge in [-0.2, -0.15) is 0 Å². The third-order valence-electron chi connectivity index (χ3n) is 3.96. The van der Waals surface area contributed by atoms with Crippen LogP contribution >= 0.6 is 11.3 Å². The van der Waals surface area contributed by atoms with Crippen LogP contribution in [-0.2, 0) is 22.6 Å². The molecule has 27 heavy (non-hydrogen) atoms. The van der Waals surface area contributed by atoms with Crippen LogP contribution in [0.5, 0.6) is 0 Å². The maximum Gasteiger partial charge on any atom is 0.325 e. The Morgan fingerprint density at radius 2 is 2.22 bits per heavy atom. The zero-order valence-electron chi connectivity index (χ0n) is 15.1. The van der Waals surface area contributed by atoms with E-state index in [4.69, 9.17) is 4.42 Å². The van der Waals surface area contributed by atoms with Gasteiger partial charge in [0, 0.05) is 12.8 Å². The molecule has 0 radical (unpaired) electrons. The average Bonchev–Trinajstić information content (AvgIpc) is 3.31. The van der Waals surface area contributed by atoms with Crippen LogP contribution in [0.15, 0.2) is 22.8 Å². The van der Waals surface area contributed by atoms with Crippen LogP contribution in [-0.4, -0.2) is 39.0 Å². The molecule has 1 atom stereocenters. The first-order valence-corrected chi connectivity index (χ1v) is 9.50. The van der Waals surface area contributed by atoms with E-state index in [-0.39, 0.29) is 31.2 Å². The molecule has 0 spiro atoms. The summed E-state index contributed by atoms with van der Waals surface area (Å²) >= 11 is 1.34. The molecule has 3 rings (SSSR count). The second-order valence-corrected chi connectivity index (χ2v) is 7.75. The monoisotopic (exact) mass is 391 g/mol. The average molecular weight is 391 g/mol. The molecule has 10 heteroatoms. The Labute approximate surface area is 160 Å². The number of hydrogen-bond donors (Lipinski definition) is 2. The van der Waals surface area contributed by atoms with Crippen molar-refractivity contribution in [3.05, 3.63) is 29.2 Å². The quantitative estimate of drug-likeness (QED) is 0.666. The lowest BCUT2D eigenvalue weighted by molar-refractivity contribution is -0.128. The maximum atomic E-state index is 12.4. The number of nitrogens with zero attached hydrogens (tertiary/aromatic N) is 3. The molecule has 9 nitrogen and oxygen atoms in total. The Hall–Kier alpha value is -2.75. The number of anilines is 1. The molecule has 144 valence electrons. The van der Waals surface area contributed by atoms with Crippen LogP contribution in [0.4, 0.5) is 9.93 Å². The van der Waals surface area contributed by atoms with Crippen molar-refractivity contribution in [1.82, 2.24) is 20.4 Å². The van der Waals surface area contributed by atoms with Gasteiger partial charge in [-0.3, -0.25) is 14.5 Å². The van der Waals surface area contributed by atoms with E-state index < -0.39 is 12.1 Å². The van der Waals surface area contributed by atoms with Gasteiger partial charge in [-0.05, 0) is 24.5 Å². The summed E-state index contributed by atoms with van der Waals surface area (Å²) < 4.78 is 5.17. The molecule has 2 N–H and O–H groups in total. The highest BCUT2D eigenvalue weighted by atomic mass is 32.1. The Bertz CT molecular complexity index is 817. The molecule has 2 aromatic heterocycles. The van der Waals surface area contributed by atoms with Gasteiger partial charge in [0.25, 0.3) is 5.91 Å². The third kappa shape index (κ3) is 4.91. The van der Waals surface area contributed by atoms with Crippen molar-refractivity contribution < 1.29 is 18.8 Å². The van der Waals surface area contributed by atoms with E-state index in [9.17, 15) is 14.4 Å². The van der Waals surface area contributed by atoms with Crippen LogP contribution in [0, 0.1) is 5.92 Å². The number of urea groups is 1. The first kappa shape index (κ1) is 19.0. The molecule has 1 saturated heterocycles. The van der Waals surface area contributed by atoms with Gasteiger partial charge in [0.2, 0.25) is 11.0 Å². The Kier molecular flexibility index (Phi) is 5.84. The predicted octanol–water partition coefficient (Wildman–Crippen LogP) is 2.17. The summed E-state index contributed by atoms with van der Waals surface area (Å²) in [5.41, 5.74) is 0. The molecule has 0 bridgehead atoms. The third-order valence-corrected chi connectivity index (χ3v) is 4.82. The van der Waals surface area contributed by atoms with E-state index in [0.29, 0.717) is 16.8 Å². The van der Waals surface area contributed by atoms with Crippen LogP contribution in [0.3, 0.4) is 0 Å². The second-order valence-electron chi connectivity index (χ2n) is 6.69. The van der Waals surface area contributed by atoms with Gasteiger partial charge < -0.3 is 15.1 Å². The van der Waals surface area contributed by atoms with Crippen molar-refractivity contribution >= 4 is 34.3 Å². The van der Waals surface area contributed by atoms with E-state index in [1.165, 1.54) is 17.6 Å². The summed E-state index contributed by atoms with van der Waals surface area (Å²) in [7, 11) is 0. The van der Waals surface area contributed by atoms with E-state index in [1.807, 2.05) is 0 Å². The minimum atomic E-state index is -0.718. The molecule has 1 fully saturated rings. The molecule has 1 aliphatic rings. The normalized spacial score (nSPS) is 16.9. The van der Waals surface area contributed by atoms with Gasteiger partial charge >= 0.3 is 6.03 Å². The maximum absolute atomic E-state index is 12.4. The van der Waals surface area contributed by atoms with E-state index >= 15 is 0 Å². The number of imide groups is 1. The molecule has 0 aliphatic carbocycles. The van der Waals surface area contributed by atoms with E-state index in [0.717, 1.165) is 16.3 Å². The van der Waals surface area contributed by atoms with Crippen molar-refractivity contribution in [2.45, 2.75) is 45.7 Å². The zero-order chi connectivity index (χ0) is 19.4. The SMILES string of the molecule is CC(C)Cc1nnc(NC(=O)CC[C@H]2NC(=O)N(Cc3ccco3)C2=O)s1. The molecular formula is C17H21N5O4S. The summed E-state index contributed by atoms with van der Waals surface area (Å²) in [5.74, 6) is 0.348. The van der Waals surface area contributed by atoms with E-state index in [2.05, 4.69) is 34.7 Å². The predicted molar refractivity (Wildman–Crippen MR) is 97.9 cm³/mol. The van der Waals surface area contributed by atoms with Gasteiger partial charge in [-0.25, -0.2) is 4.79 Å². The summed E-state index contributed by atoms with van der Waals surface area (Å²) in [4.78, 5) is 37.5. The fourth-order valence-corrected chi connectivity index (χ4v) is 3.64. The summed E-state index contributed by atoms with van der Waals surface area (Å²) in [6, 6.07) is 2.18. The van der Waals surface area contributed by atoms with Crippen molar-refractivity contribution in [2.24, 2.45) is 5.92 Å².